The van der Waals surface area contributed by atoms with Crippen LogP contribution in [-0.4, -0.2) is 90.9 Å². The average Bonchev–Trinajstić information content (AvgIpc) is 2.55. The van der Waals surface area contributed by atoms with E-state index in [0.29, 0.717) is 0 Å². The summed E-state index contributed by atoms with van der Waals surface area (Å²) < 4.78 is 10.8. The molecule has 0 fully saturated rings. The van der Waals surface area contributed by atoms with Crippen molar-refractivity contribution >= 4 is 0 Å². The molecule has 8 heteroatoms. The third-order valence-electron chi connectivity index (χ3n) is 3.40. The van der Waals surface area contributed by atoms with E-state index in [1.54, 1.807) is 0 Å². The summed E-state index contributed by atoms with van der Waals surface area (Å²) in [6, 6.07) is 0.0358. The Morgan fingerprint density at radius 2 is 1.35 bits per heavy atom. The van der Waals surface area contributed by atoms with Crippen molar-refractivity contribution in [1.29, 1.82) is 0 Å². The summed E-state index contributed by atoms with van der Waals surface area (Å²) in [6.45, 7) is 2.22. The van der Waals surface area contributed by atoms with E-state index in [2.05, 4.69) is 5.32 Å². The van der Waals surface area contributed by atoms with E-state index in [-0.39, 0.29) is 51.7 Å². The highest BCUT2D eigenvalue weighted by molar-refractivity contribution is 4.69. The maximum atomic E-state index is 9.02. The fraction of sp³-hybridized carbons (Fsp3) is 1.00. The molecule has 0 aliphatic rings. The molecule has 8 nitrogen and oxygen atoms in total. The summed E-state index contributed by atoms with van der Waals surface area (Å²) in [4.78, 5) is 0. The van der Waals surface area contributed by atoms with Gasteiger partial charge in [0.15, 0.2) is 0 Å². The fourth-order valence-electron chi connectivity index (χ4n) is 1.89. The van der Waals surface area contributed by atoms with Gasteiger partial charge in [-0.1, -0.05) is 6.42 Å². The first-order valence-corrected chi connectivity index (χ1v) is 8.22. The van der Waals surface area contributed by atoms with Crippen LogP contribution in [0.25, 0.3) is 0 Å². The van der Waals surface area contributed by atoms with Gasteiger partial charge >= 0.3 is 0 Å². The van der Waals surface area contributed by atoms with Gasteiger partial charge < -0.3 is 41.0 Å². The number of hydrogen-bond donors (Lipinski definition) is 6. The minimum atomic E-state index is -0.621. The monoisotopic (exact) mass is 338 g/mol. The highest BCUT2D eigenvalue weighted by Crippen LogP contribution is 2.00. The molecule has 23 heavy (non-hydrogen) atoms. The van der Waals surface area contributed by atoms with E-state index in [0.717, 1.165) is 25.8 Å². The van der Waals surface area contributed by atoms with Crippen molar-refractivity contribution in [3.63, 3.8) is 0 Å². The van der Waals surface area contributed by atoms with Gasteiger partial charge in [-0.3, -0.25) is 0 Å². The van der Waals surface area contributed by atoms with Crippen LogP contribution in [0.4, 0.5) is 0 Å². The van der Waals surface area contributed by atoms with E-state index in [1.807, 2.05) is 6.92 Å². The van der Waals surface area contributed by atoms with Crippen molar-refractivity contribution in [2.24, 2.45) is 5.73 Å². The second kappa shape index (κ2) is 15.2. The van der Waals surface area contributed by atoms with E-state index in [9.17, 15) is 0 Å². The smallest absolute Gasteiger partial charge is 0.104 e. The lowest BCUT2D eigenvalue weighted by atomic mass is 10.1. The first-order valence-electron chi connectivity index (χ1n) is 8.22. The Morgan fingerprint density at radius 3 is 1.74 bits per heavy atom. The van der Waals surface area contributed by atoms with Crippen LogP contribution >= 0.6 is 0 Å². The van der Waals surface area contributed by atoms with E-state index in [4.69, 9.17) is 35.6 Å². The van der Waals surface area contributed by atoms with Crippen molar-refractivity contribution in [2.75, 3.05) is 46.2 Å². The standard InChI is InChI=1S/C15H34N2O6/c1-12(16)4-2-3-5-17-13(10-22-14(6-18)7-19)11-23-15(8-20)9-21/h12-15,17-21H,2-11,16H2,1H3. The summed E-state index contributed by atoms with van der Waals surface area (Å²) >= 11 is 0. The Balaban J connectivity index is 4.14. The molecule has 0 aliphatic heterocycles. The van der Waals surface area contributed by atoms with Crippen LogP contribution in [0.3, 0.4) is 0 Å². The van der Waals surface area contributed by atoms with Crippen LogP contribution in [0.15, 0.2) is 0 Å². The highest BCUT2D eigenvalue weighted by atomic mass is 16.5. The molecule has 0 aromatic carbocycles. The fourth-order valence-corrected chi connectivity index (χ4v) is 1.89. The van der Waals surface area contributed by atoms with Crippen LogP contribution < -0.4 is 11.1 Å². The summed E-state index contributed by atoms with van der Waals surface area (Å²) in [7, 11) is 0. The van der Waals surface area contributed by atoms with Crippen LogP contribution in [0.5, 0.6) is 0 Å². The molecule has 0 radical (unpaired) electrons. The molecule has 0 bridgehead atoms. The number of aliphatic hydroxyl groups is 4. The maximum Gasteiger partial charge on any atom is 0.104 e. The molecule has 140 valence electrons. The minimum absolute atomic E-state index is 0.161. The van der Waals surface area contributed by atoms with E-state index >= 15 is 0 Å². The molecule has 0 saturated heterocycles. The van der Waals surface area contributed by atoms with Gasteiger partial charge in [0.05, 0.1) is 45.7 Å². The summed E-state index contributed by atoms with van der Waals surface area (Å²) in [5, 5.41) is 39.3. The lowest BCUT2D eigenvalue weighted by molar-refractivity contribution is -0.0594. The Bertz CT molecular complexity index is 234. The topological polar surface area (TPSA) is 137 Å². The first-order chi connectivity index (χ1) is 11.1. The lowest BCUT2D eigenvalue weighted by Crippen LogP contribution is -2.42. The van der Waals surface area contributed by atoms with E-state index in [1.165, 1.54) is 0 Å². The molecule has 0 aromatic heterocycles. The van der Waals surface area contributed by atoms with Crippen LogP contribution in [0.2, 0.25) is 0 Å². The van der Waals surface area contributed by atoms with E-state index < -0.39 is 12.2 Å². The molecule has 0 aliphatic carbocycles. The number of hydrogen-bond acceptors (Lipinski definition) is 8. The Labute approximate surface area is 138 Å². The number of rotatable bonds is 16. The van der Waals surface area contributed by atoms with Gasteiger partial charge in [-0.15, -0.1) is 0 Å². The number of nitrogens with one attached hydrogen (secondary N) is 1. The third kappa shape index (κ3) is 12.7. The maximum absolute atomic E-state index is 9.02. The SMILES string of the molecule is CC(N)CCCCNC(COC(CO)CO)COC(CO)CO. The molecule has 1 unspecified atom stereocenters. The molecule has 0 aromatic rings. The zero-order valence-corrected chi connectivity index (χ0v) is 14.1. The van der Waals surface area contributed by atoms with Gasteiger partial charge in [-0.25, -0.2) is 0 Å². The number of aliphatic hydroxyl groups excluding tert-OH is 4. The minimum Gasteiger partial charge on any atom is -0.394 e. The Morgan fingerprint density at radius 1 is 0.870 bits per heavy atom. The molecule has 0 amide bonds. The predicted octanol–water partition coefficient (Wildman–Crippen LogP) is -1.80. The Hall–Kier alpha value is -0.320. The van der Waals surface area contributed by atoms with Gasteiger partial charge in [-0.05, 0) is 26.3 Å². The molecule has 7 N–H and O–H groups in total. The third-order valence-corrected chi connectivity index (χ3v) is 3.40. The van der Waals surface area contributed by atoms with Crippen molar-refractivity contribution in [1.82, 2.24) is 5.32 Å². The molecule has 0 heterocycles. The summed E-state index contributed by atoms with van der Waals surface area (Å²) in [5.74, 6) is 0. The van der Waals surface area contributed by atoms with Gasteiger partial charge in [-0.2, -0.15) is 0 Å². The van der Waals surface area contributed by atoms with Crippen LogP contribution in [0.1, 0.15) is 26.2 Å². The predicted molar refractivity (Wildman–Crippen MR) is 87.1 cm³/mol. The normalized spacial score (nSPS) is 13.4. The number of nitrogens with two attached hydrogens (primary N) is 1. The average molecular weight is 338 g/mol. The van der Waals surface area contributed by atoms with Gasteiger partial charge in [0.1, 0.15) is 12.2 Å². The quantitative estimate of drug-likeness (QED) is 0.181. The van der Waals surface area contributed by atoms with Crippen molar-refractivity contribution < 1.29 is 29.9 Å². The van der Waals surface area contributed by atoms with Crippen molar-refractivity contribution in [3.8, 4) is 0 Å². The molecule has 1 atom stereocenters. The summed E-state index contributed by atoms with van der Waals surface area (Å²) in [6.07, 6.45) is 1.70. The van der Waals surface area contributed by atoms with Crippen molar-refractivity contribution in [2.45, 2.75) is 50.5 Å². The van der Waals surface area contributed by atoms with Crippen molar-refractivity contribution in [3.05, 3.63) is 0 Å². The first kappa shape index (κ1) is 22.7. The second-order valence-corrected chi connectivity index (χ2v) is 5.77. The summed E-state index contributed by atoms with van der Waals surface area (Å²) in [5.41, 5.74) is 5.70. The zero-order valence-electron chi connectivity index (χ0n) is 14.1. The zero-order chi connectivity index (χ0) is 17.5. The molecule has 0 rings (SSSR count). The number of ether oxygens (including phenoxy) is 2. The molecule has 0 spiro atoms. The van der Waals surface area contributed by atoms with Gasteiger partial charge in [0, 0.05) is 6.04 Å². The van der Waals surface area contributed by atoms with Gasteiger partial charge in [0.25, 0.3) is 0 Å². The second-order valence-electron chi connectivity index (χ2n) is 5.77. The van der Waals surface area contributed by atoms with Crippen LogP contribution in [-0.2, 0) is 9.47 Å². The largest absolute Gasteiger partial charge is 0.394 e. The van der Waals surface area contributed by atoms with Gasteiger partial charge in [0.2, 0.25) is 0 Å². The lowest BCUT2D eigenvalue weighted by Gasteiger charge is -2.23. The van der Waals surface area contributed by atoms with Crippen LogP contribution in [0, 0.1) is 0 Å². The molecule has 0 saturated carbocycles. The molecular weight excluding hydrogens is 304 g/mol. The molecular formula is C15H34N2O6. The highest BCUT2D eigenvalue weighted by Gasteiger charge is 2.15. The Kier molecular flexibility index (Phi) is 15.0. The number of unbranched alkanes of at least 4 members (excludes halogenated alkanes) is 1.